The summed E-state index contributed by atoms with van der Waals surface area (Å²) in [6.45, 7) is 13.5. The van der Waals surface area contributed by atoms with Gasteiger partial charge in [0.25, 0.3) is 11.8 Å². The predicted octanol–water partition coefficient (Wildman–Crippen LogP) is 0.732. The summed E-state index contributed by atoms with van der Waals surface area (Å²) < 4.78 is 6.99. The van der Waals surface area contributed by atoms with Crippen LogP contribution in [0, 0.1) is 5.92 Å². The number of nitrogens with one attached hydrogen (secondary N) is 2. The maximum absolute atomic E-state index is 13.5. The zero-order valence-electron chi connectivity index (χ0n) is 20.4. The van der Waals surface area contributed by atoms with Crippen molar-refractivity contribution in [2.75, 3.05) is 52.5 Å². The van der Waals surface area contributed by atoms with E-state index in [1.165, 1.54) is 6.33 Å². The van der Waals surface area contributed by atoms with E-state index in [1.54, 1.807) is 16.4 Å². The zero-order chi connectivity index (χ0) is 24.0. The molecule has 0 aliphatic carbocycles. The quantitative estimate of drug-likeness (QED) is 0.531. The fourth-order valence-electron chi connectivity index (χ4n) is 4.33. The van der Waals surface area contributed by atoms with Crippen LogP contribution in [0.5, 0.6) is 0 Å². The average Bonchev–Trinajstić information content (AvgIpc) is 3.20. The van der Waals surface area contributed by atoms with E-state index >= 15 is 0 Å². The van der Waals surface area contributed by atoms with Crippen molar-refractivity contribution in [3.8, 4) is 0 Å². The summed E-state index contributed by atoms with van der Waals surface area (Å²) in [5, 5.41) is 5.88. The van der Waals surface area contributed by atoms with Crippen molar-refractivity contribution in [3.05, 3.63) is 17.7 Å². The van der Waals surface area contributed by atoms with E-state index in [4.69, 9.17) is 4.74 Å². The van der Waals surface area contributed by atoms with Crippen molar-refractivity contribution in [1.82, 2.24) is 30.0 Å². The van der Waals surface area contributed by atoms with Crippen molar-refractivity contribution in [2.45, 2.75) is 52.6 Å². The van der Waals surface area contributed by atoms with Crippen LogP contribution in [0.25, 0.3) is 0 Å². The lowest BCUT2D eigenvalue weighted by Gasteiger charge is -2.43. The Hall–Kier alpha value is -2.46. The molecule has 0 radical (unpaired) electrons. The third-order valence-electron chi connectivity index (χ3n) is 6.34. The maximum atomic E-state index is 13.5. The molecule has 3 amide bonds. The molecule has 0 aromatic carbocycles. The SMILES string of the molecule is CCCN1C(=O)c2c(C(=O)NCCN3CCOCC3)ncn2C[C@]1(C)C(=O)NCCC(C)C. The van der Waals surface area contributed by atoms with Crippen LogP contribution in [0.15, 0.2) is 6.33 Å². The fourth-order valence-corrected chi connectivity index (χ4v) is 4.33. The highest BCUT2D eigenvalue weighted by molar-refractivity contribution is 6.07. The van der Waals surface area contributed by atoms with E-state index in [-0.39, 0.29) is 35.7 Å². The first-order chi connectivity index (χ1) is 15.8. The topological polar surface area (TPSA) is 109 Å². The number of aromatic nitrogens is 2. The molecule has 3 heterocycles. The van der Waals surface area contributed by atoms with E-state index < -0.39 is 5.54 Å². The lowest BCUT2D eigenvalue weighted by Crippen LogP contribution is -2.64. The smallest absolute Gasteiger partial charge is 0.273 e. The van der Waals surface area contributed by atoms with Crippen molar-refractivity contribution < 1.29 is 19.1 Å². The van der Waals surface area contributed by atoms with E-state index in [0.717, 1.165) is 26.1 Å². The molecule has 1 aromatic rings. The molecule has 0 saturated carbocycles. The molecule has 10 heteroatoms. The highest BCUT2D eigenvalue weighted by Gasteiger charge is 2.48. The Morgan fingerprint density at radius 3 is 2.58 bits per heavy atom. The summed E-state index contributed by atoms with van der Waals surface area (Å²) in [4.78, 5) is 47.6. The number of nitrogens with zero attached hydrogens (tertiary/aromatic N) is 4. The first-order valence-electron chi connectivity index (χ1n) is 12.0. The number of carbonyl (C=O) groups is 3. The number of morpholine rings is 1. The molecule has 0 unspecified atom stereocenters. The molecule has 33 heavy (non-hydrogen) atoms. The molecule has 184 valence electrons. The van der Waals surface area contributed by atoms with Crippen LogP contribution in [0.2, 0.25) is 0 Å². The van der Waals surface area contributed by atoms with Crippen molar-refractivity contribution in [2.24, 2.45) is 5.92 Å². The number of hydrogen-bond donors (Lipinski definition) is 2. The van der Waals surface area contributed by atoms with Gasteiger partial charge in [-0.3, -0.25) is 19.3 Å². The number of carbonyl (C=O) groups excluding carboxylic acids is 3. The third kappa shape index (κ3) is 5.73. The summed E-state index contributed by atoms with van der Waals surface area (Å²) in [5.74, 6) is -0.407. The molecular formula is C23H38N6O4. The number of imidazole rings is 1. The minimum absolute atomic E-state index is 0.116. The average molecular weight is 463 g/mol. The minimum atomic E-state index is -1.04. The molecule has 2 aliphatic heterocycles. The van der Waals surface area contributed by atoms with E-state index in [2.05, 4.69) is 34.4 Å². The molecule has 0 bridgehead atoms. The Kier molecular flexibility index (Phi) is 8.47. The number of hydrogen-bond acceptors (Lipinski definition) is 6. The summed E-state index contributed by atoms with van der Waals surface area (Å²) >= 11 is 0. The van der Waals surface area contributed by atoms with Crippen molar-refractivity contribution >= 4 is 17.7 Å². The Bertz CT molecular complexity index is 848. The summed E-state index contributed by atoms with van der Waals surface area (Å²) in [5.41, 5.74) is -0.674. The molecule has 3 rings (SSSR count). The monoisotopic (exact) mass is 462 g/mol. The Balaban J connectivity index is 1.72. The van der Waals surface area contributed by atoms with Gasteiger partial charge >= 0.3 is 0 Å². The van der Waals surface area contributed by atoms with Gasteiger partial charge in [0.2, 0.25) is 5.91 Å². The van der Waals surface area contributed by atoms with Crippen LogP contribution in [-0.2, 0) is 16.1 Å². The molecule has 10 nitrogen and oxygen atoms in total. The van der Waals surface area contributed by atoms with Crippen LogP contribution >= 0.6 is 0 Å². The van der Waals surface area contributed by atoms with Gasteiger partial charge in [-0.15, -0.1) is 0 Å². The molecule has 1 atom stereocenters. The van der Waals surface area contributed by atoms with Gasteiger partial charge in [-0.1, -0.05) is 20.8 Å². The second-order valence-corrected chi connectivity index (χ2v) is 9.45. The minimum Gasteiger partial charge on any atom is -0.379 e. The van der Waals surface area contributed by atoms with Gasteiger partial charge in [0.1, 0.15) is 11.2 Å². The van der Waals surface area contributed by atoms with Crippen LogP contribution < -0.4 is 10.6 Å². The molecular weight excluding hydrogens is 424 g/mol. The van der Waals surface area contributed by atoms with Crippen LogP contribution in [0.3, 0.4) is 0 Å². The summed E-state index contributed by atoms with van der Waals surface area (Å²) in [7, 11) is 0. The Morgan fingerprint density at radius 1 is 1.18 bits per heavy atom. The highest BCUT2D eigenvalue weighted by Crippen LogP contribution is 2.29. The third-order valence-corrected chi connectivity index (χ3v) is 6.34. The lowest BCUT2D eigenvalue weighted by atomic mass is 9.93. The Labute approximate surface area is 196 Å². The normalized spacial score (nSPS) is 21.2. The van der Waals surface area contributed by atoms with Gasteiger partial charge in [0, 0.05) is 39.3 Å². The van der Waals surface area contributed by atoms with Gasteiger partial charge in [0.05, 0.1) is 26.1 Å². The van der Waals surface area contributed by atoms with E-state index in [0.29, 0.717) is 45.2 Å². The van der Waals surface area contributed by atoms with Crippen LogP contribution in [0.1, 0.15) is 61.5 Å². The Morgan fingerprint density at radius 2 is 1.91 bits per heavy atom. The highest BCUT2D eigenvalue weighted by atomic mass is 16.5. The fraction of sp³-hybridized carbons (Fsp3) is 0.739. The largest absolute Gasteiger partial charge is 0.379 e. The summed E-state index contributed by atoms with van der Waals surface area (Å²) in [6.07, 6.45) is 3.07. The maximum Gasteiger partial charge on any atom is 0.273 e. The molecule has 1 fully saturated rings. The van der Waals surface area contributed by atoms with Crippen molar-refractivity contribution in [3.63, 3.8) is 0 Å². The standard InChI is InChI=1S/C23H38N6O4/c1-5-9-29-21(31)19-18(20(30)24-8-10-27-11-13-33-14-12-27)26-16-28(19)15-23(29,4)22(32)25-7-6-17(2)3/h16-17H,5-15H2,1-4H3,(H,24,30)(H,25,32)/t23-/m1/s1. The molecule has 1 saturated heterocycles. The zero-order valence-corrected chi connectivity index (χ0v) is 20.4. The van der Waals surface area contributed by atoms with Gasteiger partial charge in [0.15, 0.2) is 5.69 Å². The molecule has 2 aliphatic rings. The summed E-state index contributed by atoms with van der Waals surface area (Å²) in [6, 6.07) is 0. The van der Waals surface area contributed by atoms with E-state index in [1.807, 2.05) is 6.92 Å². The first kappa shape index (κ1) is 25.2. The van der Waals surface area contributed by atoms with E-state index in [9.17, 15) is 14.4 Å². The molecule has 1 aromatic heterocycles. The second kappa shape index (κ2) is 11.1. The first-order valence-corrected chi connectivity index (χ1v) is 12.0. The van der Waals surface area contributed by atoms with Gasteiger partial charge in [-0.25, -0.2) is 4.98 Å². The van der Waals surface area contributed by atoms with Gasteiger partial charge in [-0.05, 0) is 25.7 Å². The van der Waals surface area contributed by atoms with Crippen molar-refractivity contribution in [1.29, 1.82) is 0 Å². The lowest BCUT2D eigenvalue weighted by molar-refractivity contribution is -0.132. The molecule has 2 N–H and O–H groups in total. The second-order valence-electron chi connectivity index (χ2n) is 9.45. The number of rotatable bonds is 10. The predicted molar refractivity (Wildman–Crippen MR) is 124 cm³/mol. The van der Waals surface area contributed by atoms with Gasteiger partial charge in [-0.2, -0.15) is 0 Å². The number of fused-ring (bicyclic) bond motifs is 1. The van der Waals surface area contributed by atoms with Gasteiger partial charge < -0.3 is 24.8 Å². The molecule has 0 spiro atoms. The van der Waals surface area contributed by atoms with Crippen LogP contribution in [0.4, 0.5) is 0 Å². The number of amides is 3. The number of ether oxygens (including phenoxy) is 1. The van der Waals surface area contributed by atoms with Crippen LogP contribution in [-0.4, -0.2) is 95.1 Å².